The first-order valence-electron chi connectivity index (χ1n) is 7.71. The molecule has 0 fully saturated rings. The van der Waals surface area contributed by atoms with Crippen LogP contribution in [-0.2, 0) is 6.61 Å². The summed E-state index contributed by atoms with van der Waals surface area (Å²) in [6, 6.07) is 15.3. The summed E-state index contributed by atoms with van der Waals surface area (Å²) >= 11 is 5.92. The van der Waals surface area contributed by atoms with Crippen LogP contribution in [-0.4, -0.2) is 39.7 Å². The van der Waals surface area contributed by atoms with Crippen molar-refractivity contribution in [3.05, 3.63) is 77.3 Å². The lowest BCUT2D eigenvalue weighted by Gasteiger charge is -2.15. The van der Waals surface area contributed by atoms with Crippen molar-refractivity contribution in [1.29, 1.82) is 0 Å². The van der Waals surface area contributed by atoms with E-state index < -0.39 is 0 Å². The topological polar surface area (TPSA) is 55.5 Å². The number of para-hydroxylation sites is 1. The van der Waals surface area contributed by atoms with E-state index in [1.807, 2.05) is 62.6 Å². The maximum Gasteiger partial charge on any atom is 0.185 e. The molecule has 7 heteroatoms. The Bertz CT molecular complexity index is 844. The van der Waals surface area contributed by atoms with E-state index in [9.17, 15) is 0 Å². The Morgan fingerprint density at radius 2 is 1.92 bits per heavy atom. The molecule has 0 amide bonds. The zero-order valence-corrected chi connectivity index (χ0v) is 14.8. The highest BCUT2D eigenvalue weighted by molar-refractivity contribution is 6.30. The smallest absolute Gasteiger partial charge is 0.185 e. The third-order valence-electron chi connectivity index (χ3n) is 3.37. The molecule has 25 heavy (non-hydrogen) atoms. The Labute approximate surface area is 151 Å². The lowest BCUT2D eigenvalue weighted by Crippen LogP contribution is -2.19. The quantitative estimate of drug-likeness (QED) is 0.400. The average molecular weight is 356 g/mol. The molecule has 0 N–H and O–H groups in total. The predicted molar refractivity (Wildman–Crippen MR) is 97.9 cm³/mol. The molecule has 1 aromatic heterocycles. The summed E-state index contributed by atoms with van der Waals surface area (Å²) in [6.07, 6.45) is 3.08. The van der Waals surface area contributed by atoms with Crippen LogP contribution in [0, 0.1) is 0 Å². The third kappa shape index (κ3) is 4.36. The Kier molecular flexibility index (Phi) is 5.30. The average Bonchev–Trinajstić information content (AvgIpc) is 3.14. The fraction of sp³-hybridized carbons (Fsp3) is 0.167. The van der Waals surface area contributed by atoms with Crippen LogP contribution in [0.4, 0.5) is 0 Å². The number of hydrogen-bond acceptors (Lipinski definition) is 5. The molecular formula is C18H18ClN5O. The number of hydrogen-bond donors (Lipinski definition) is 0. The minimum atomic E-state index is 0.431. The van der Waals surface area contributed by atoms with Crippen molar-refractivity contribution < 1.29 is 4.74 Å². The van der Waals surface area contributed by atoms with Crippen LogP contribution in [0.3, 0.4) is 0 Å². The first kappa shape index (κ1) is 17.0. The summed E-state index contributed by atoms with van der Waals surface area (Å²) < 4.78 is 7.64. The van der Waals surface area contributed by atoms with E-state index in [4.69, 9.17) is 16.3 Å². The Hall–Kier alpha value is -2.86. The largest absolute Gasteiger partial charge is 0.488 e. The van der Waals surface area contributed by atoms with Gasteiger partial charge in [-0.1, -0.05) is 35.9 Å². The first-order valence-corrected chi connectivity index (χ1v) is 8.09. The van der Waals surface area contributed by atoms with Crippen molar-refractivity contribution >= 4 is 17.4 Å². The van der Waals surface area contributed by atoms with Crippen LogP contribution in [0.25, 0.3) is 0 Å². The highest BCUT2D eigenvalue weighted by Crippen LogP contribution is 2.21. The maximum atomic E-state index is 6.02. The van der Waals surface area contributed by atoms with Gasteiger partial charge in [-0.2, -0.15) is 10.2 Å². The molecule has 6 nitrogen and oxygen atoms in total. The summed E-state index contributed by atoms with van der Waals surface area (Å²) in [5.41, 5.74) is 1.86. The van der Waals surface area contributed by atoms with Gasteiger partial charge in [0.25, 0.3) is 0 Å². The predicted octanol–water partition coefficient (Wildman–Crippen LogP) is 3.28. The lowest BCUT2D eigenvalue weighted by molar-refractivity contribution is 0.305. The molecule has 0 saturated carbocycles. The molecule has 3 aromatic rings. The molecule has 0 aliphatic carbocycles. The van der Waals surface area contributed by atoms with Crippen LogP contribution in [0.2, 0.25) is 5.02 Å². The van der Waals surface area contributed by atoms with Gasteiger partial charge >= 0.3 is 0 Å². The fourth-order valence-electron chi connectivity index (χ4n) is 2.25. The van der Waals surface area contributed by atoms with E-state index in [1.54, 1.807) is 16.0 Å². The van der Waals surface area contributed by atoms with Crippen LogP contribution in [0.15, 0.2) is 66.3 Å². The van der Waals surface area contributed by atoms with Crippen LogP contribution in [0.5, 0.6) is 5.75 Å². The Balaban J connectivity index is 1.90. The van der Waals surface area contributed by atoms with E-state index in [1.165, 1.54) is 6.33 Å². The number of ether oxygens (including phenoxy) is 1. The number of nitrogens with zero attached hydrogens (tertiary/aromatic N) is 5. The van der Waals surface area contributed by atoms with E-state index >= 15 is 0 Å². The third-order valence-corrected chi connectivity index (χ3v) is 3.62. The van der Waals surface area contributed by atoms with Crippen LogP contribution in [0.1, 0.15) is 11.1 Å². The number of hydrazone groups is 1. The van der Waals surface area contributed by atoms with Gasteiger partial charge < -0.3 is 9.75 Å². The number of rotatable bonds is 5. The summed E-state index contributed by atoms with van der Waals surface area (Å²) in [6.45, 7) is 0.431. The molecule has 0 saturated heterocycles. The van der Waals surface area contributed by atoms with Gasteiger partial charge in [0.2, 0.25) is 0 Å². The van der Waals surface area contributed by atoms with Gasteiger partial charge in [0.15, 0.2) is 5.84 Å². The number of benzene rings is 2. The normalized spacial score (nSPS) is 11.4. The Morgan fingerprint density at radius 1 is 1.16 bits per heavy atom. The second kappa shape index (κ2) is 7.81. The zero-order chi connectivity index (χ0) is 17.6. The molecule has 0 radical (unpaired) electrons. The van der Waals surface area contributed by atoms with E-state index in [2.05, 4.69) is 15.2 Å². The minimum Gasteiger partial charge on any atom is -0.488 e. The SMILES string of the molecule is CN(C)/N=C(\c1ccccc1OCc1ccc(Cl)cc1)n1cncn1. The highest BCUT2D eigenvalue weighted by atomic mass is 35.5. The minimum absolute atomic E-state index is 0.431. The van der Waals surface area contributed by atoms with Crippen molar-refractivity contribution in [2.75, 3.05) is 14.1 Å². The highest BCUT2D eigenvalue weighted by Gasteiger charge is 2.14. The first-order chi connectivity index (χ1) is 12.1. The van der Waals surface area contributed by atoms with Gasteiger partial charge in [-0.05, 0) is 29.8 Å². The molecule has 0 atom stereocenters. The second-order valence-corrected chi connectivity index (χ2v) is 5.96. The number of halogens is 1. The maximum absolute atomic E-state index is 6.02. The van der Waals surface area contributed by atoms with E-state index in [0.29, 0.717) is 23.2 Å². The van der Waals surface area contributed by atoms with Crippen molar-refractivity contribution in [2.24, 2.45) is 5.10 Å². The zero-order valence-electron chi connectivity index (χ0n) is 14.0. The summed E-state index contributed by atoms with van der Waals surface area (Å²) in [4.78, 5) is 4.01. The molecule has 0 spiro atoms. The molecular weight excluding hydrogens is 338 g/mol. The monoisotopic (exact) mass is 355 g/mol. The van der Waals surface area contributed by atoms with Gasteiger partial charge in [-0.3, -0.25) is 0 Å². The molecule has 0 aliphatic rings. The molecule has 128 valence electrons. The molecule has 0 aliphatic heterocycles. The molecule has 2 aromatic carbocycles. The van der Waals surface area contributed by atoms with Gasteiger partial charge in [-0.15, -0.1) is 0 Å². The molecule has 0 bridgehead atoms. The number of aromatic nitrogens is 3. The van der Waals surface area contributed by atoms with E-state index in [-0.39, 0.29) is 0 Å². The standard InChI is InChI=1S/C18H18ClN5O/c1-23(2)22-18(24-13-20-12-21-24)16-5-3-4-6-17(16)25-11-14-7-9-15(19)10-8-14/h3-10,12-13H,11H2,1-2H3/b22-18+. The van der Waals surface area contributed by atoms with Gasteiger partial charge in [0.05, 0.1) is 5.56 Å². The fourth-order valence-corrected chi connectivity index (χ4v) is 2.38. The van der Waals surface area contributed by atoms with Crippen molar-refractivity contribution in [2.45, 2.75) is 6.61 Å². The van der Waals surface area contributed by atoms with Crippen molar-refractivity contribution in [1.82, 2.24) is 19.8 Å². The second-order valence-electron chi connectivity index (χ2n) is 5.52. The van der Waals surface area contributed by atoms with Crippen molar-refractivity contribution in [3.8, 4) is 5.75 Å². The molecule has 0 unspecified atom stereocenters. The molecule has 3 rings (SSSR count). The summed E-state index contributed by atoms with van der Waals surface area (Å²) in [5.74, 6) is 1.35. The Morgan fingerprint density at radius 3 is 2.60 bits per heavy atom. The van der Waals surface area contributed by atoms with E-state index in [0.717, 1.165) is 11.1 Å². The van der Waals surface area contributed by atoms with Gasteiger partial charge in [0.1, 0.15) is 25.0 Å². The summed E-state index contributed by atoms with van der Waals surface area (Å²) in [5, 5.41) is 11.1. The van der Waals surface area contributed by atoms with Crippen LogP contribution >= 0.6 is 11.6 Å². The van der Waals surface area contributed by atoms with Crippen LogP contribution < -0.4 is 4.74 Å². The molecule has 1 heterocycles. The van der Waals surface area contributed by atoms with Crippen molar-refractivity contribution in [3.63, 3.8) is 0 Å². The van der Waals surface area contributed by atoms with Gasteiger partial charge in [0, 0.05) is 19.1 Å². The lowest BCUT2D eigenvalue weighted by atomic mass is 10.2. The van der Waals surface area contributed by atoms with Gasteiger partial charge in [-0.25, -0.2) is 9.67 Å². The summed E-state index contributed by atoms with van der Waals surface area (Å²) in [7, 11) is 3.71.